The van der Waals surface area contributed by atoms with Gasteiger partial charge in [0.05, 0.1) is 17.9 Å². The maximum Gasteiger partial charge on any atom is 0.253 e. The normalized spacial score (nSPS) is 19.9. The Hall–Kier alpha value is -2.57. The molecule has 0 aromatic heterocycles. The van der Waals surface area contributed by atoms with Gasteiger partial charge in [-0.2, -0.15) is 0 Å². The van der Waals surface area contributed by atoms with Crippen LogP contribution in [0.4, 0.5) is 5.69 Å². The second kappa shape index (κ2) is 10.4. The fraction of sp³-hybridized carbons (Fsp3) is 0.500. The van der Waals surface area contributed by atoms with E-state index in [-0.39, 0.29) is 12.0 Å². The van der Waals surface area contributed by atoms with Crippen LogP contribution in [0.3, 0.4) is 0 Å². The van der Waals surface area contributed by atoms with Crippen molar-refractivity contribution < 1.29 is 14.6 Å². The Balaban J connectivity index is 1.35. The summed E-state index contributed by atoms with van der Waals surface area (Å²) < 4.78 is 6.01. The molecule has 2 aliphatic rings. The van der Waals surface area contributed by atoms with Crippen LogP contribution in [0, 0.1) is 0 Å². The van der Waals surface area contributed by atoms with Crippen LogP contribution in [0.2, 0.25) is 0 Å². The molecule has 2 aromatic carbocycles. The predicted octanol–water partition coefficient (Wildman–Crippen LogP) is 3.39. The number of para-hydroxylation sites is 2. The molecule has 1 amide bonds. The quantitative estimate of drug-likeness (QED) is 0.751. The molecule has 6 nitrogen and oxygen atoms in total. The highest BCUT2D eigenvalue weighted by molar-refractivity contribution is 5.94. The van der Waals surface area contributed by atoms with Gasteiger partial charge < -0.3 is 19.6 Å². The molecule has 0 saturated carbocycles. The fourth-order valence-electron chi connectivity index (χ4n) is 4.60. The number of aliphatic hydroxyl groups is 1. The predicted molar refractivity (Wildman–Crippen MR) is 127 cm³/mol. The Morgan fingerprint density at radius 2 is 1.84 bits per heavy atom. The highest BCUT2D eigenvalue weighted by atomic mass is 16.5. The Bertz CT molecular complexity index is 909. The van der Waals surface area contributed by atoms with E-state index in [9.17, 15) is 9.90 Å². The van der Waals surface area contributed by atoms with Crippen LogP contribution in [0.25, 0.3) is 0 Å². The van der Waals surface area contributed by atoms with E-state index in [0.717, 1.165) is 74.7 Å². The number of likely N-dealkylation sites (tertiary alicyclic amines) is 1. The Labute approximate surface area is 191 Å². The molecule has 0 bridgehead atoms. The summed E-state index contributed by atoms with van der Waals surface area (Å²) >= 11 is 0. The lowest BCUT2D eigenvalue weighted by Crippen LogP contribution is -2.46. The van der Waals surface area contributed by atoms with E-state index >= 15 is 0 Å². The van der Waals surface area contributed by atoms with Crippen molar-refractivity contribution in [3.05, 3.63) is 59.7 Å². The summed E-state index contributed by atoms with van der Waals surface area (Å²) in [5.41, 5.74) is 3.04. The molecule has 2 aromatic rings. The van der Waals surface area contributed by atoms with Crippen molar-refractivity contribution in [1.29, 1.82) is 0 Å². The van der Waals surface area contributed by atoms with Crippen LogP contribution in [0.5, 0.6) is 5.75 Å². The highest BCUT2D eigenvalue weighted by Gasteiger charge is 2.24. The van der Waals surface area contributed by atoms with Crippen molar-refractivity contribution in [1.82, 2.24) is 9.80 Å². The average molecular weight is 438 g/mol. The molecule has 2 fully saturated rings. The first-order chi connectivity index (χ1) is 15.5. The number of aliphatic hydroxyl groups excluding tert-OH is 1. The average Bonchev–Trinajstić information content (AvgIpc) is 2.79. The third-order valence-electron chi connectivity index (χ3n) is 6.20. The lowest BCUT2D eigenvalue weighted by Gasteiger charge is -2.37. The topological polar surface area (TPSA) is 56.2 Å². The maximum atomic E-state index is 12.9. The molecule has 32 heavy (non-hydrogen) atoms. The minimum Gasteiger partial charge on any atom is -0.489 e. The van der Waals surface area contributed by atoms with Gasteiger partial charge in [0.25, 0.3) is 5.91 Å². The molecule has 4 rings (SSSR count). The summed E-state index contributed by atoms with van der Waals surface area (Å²) in [7, 11) is 0. The molecule has 6 heteroatoms. The van der Waals surface area contributed by atoms with Crippen LogP contribution in [0.1, 0.15) is 42.6 Å². The molecule has 2 saturated heterocycles. The molecule has 172 valence electrons. The third kappa shape index (κ3) is 5.61. The van der Waals surface area contributed by atoms with E-state index < -0.39 is 6.10 Å². The third-order valence-corrected chi connectivity index (χ3v) is 6.20. The van der Waals surface area contributed by atoms with Crippen molar-refractivity contribution in [3.8, 4) is 5.75 Å². The number of benzene rings is 2. The number of piperidine rings is 1. The zero-order valence-corrected chi connectivity index (χ0v) is 19.2. The van der Waals surface area contributed by atoms with Gasteiger partial charge in [-0.05, 0) is 56.5 Å². The molecule has 1 atom stereocenters. The summed E-state index contributed by atoms with van der Waals surface area (Å²) in [6.45, 7) is 9.94. The number of hydrogen-bond acceptors (Lipinski definition) is 5. The van der Waals surface area contributed by atoms with Gasteiger partial charge in [0.2, 0.25) is 0 Å². The molecule has 1 unspecified atom stereocenters. The van der Waals surface area contributed by atoms with E-state index in [1.807, 2.05) is 30.3 Å². The summed E-state index contributed by atoms with van der Waals surface area (Å²) in [5.74, 6) is 0.974. The van der Waals surface area contributed by atoms with Gasteiger partial charge in [0, 0.05) is 51.4 Å². The van der Waals surface area contributed by atoms with Crippen LogP contribution >= 0.6 is 0 Å². The van der Waals surface area contributed by atoms with Gasteiger partial charge in [-0.25, -0.2) is 0 Å². The number of carbonyl (C=O) groups is 1. The first kappa shape index (κ1) is 22.6. The molecular weight excluding hydrogens is 402 g/mol. The zero-order valence-electron chi connectivity index (χ0n) is 19.2. The van der Waals surface area contributed by atoms with Crippen LogP contribution in [-0.2, 0) is 6.54 Å². The summed E-state index contributed by atoms with van der Waals surface area (Å²) in [6.07, 6.45) is 1.40. The van der Waals surface area contributed by atoms with Crippen molar-refractivity contribution in [2.75, 3.05) is 44.2 Å². The van der Waals surface area contributed by atoms with Crippen LogP contribution in [0.15, 0.2) is 48.5 Å². The van der Waals surface area contributed by atoms with Gasteiger partial charge in [-0.3, -0.25) is 9.69 Å². The lowest BCUT2D eigenvalue weighted by atomic mass is 10.1. The fourth-order valence-corrected chi connectivity index (χ4v) is 4.60. The summed E-state index contributed by atoms with van der Waals surface area (Å²) in [6, 6.07) is 16.2. The second-order valence-corrected chi connectivity index (χ2v) is 9.15. The van der Waals surface area contributed by atoms with Crippen molar-refractivity contribution in [3.63, 3.8) is 0 Å². The SMILES string of the molecule is CC(C)Oc1ccccc1N1CCN(Cc2cccc(C(=O)N3CCCC(O)C3)c2)CC1. The Kier molecular flexibility index (Phi) is 7.33. The van der Waals surface area contributed by atoms with Gasteiger partial charge in [-0.15, -0.1) is 0 Å². The maximum absolute atomic E-state index is 12.9. The van der Waals surface area contributed by atoms with E-state index in [1.54, 1.807) is 4.90 Å². The molecule has 0 radical (unpaired) electrons. The molecule has 1 N–H and O–H groups in total. The van der Waals surface area contributed by atoms with E-state index in [2.05, 4.69) is 41.8 Å². The lowest BCUT2D eigenvalue weighted by molar-refractivity contribution is 0.0473. The van der Waals surface area contributed by atoms with Crippen LogP contribution in [-0.4, -0.2) is 72.3 Å². The van der Waals surface area contributed by atoms with Crippen LogP contribution < -0.4 is 9.64 Å². The number of rotatable bonds is 6. The number of hydrogen-bond donors (Lipinski definition) is 1. The van der Waals surface area contributed by atoms with Crippen molar-refractivity contribution in [2.45, 2.75) is 45.4 Å². The van der Waals surface area contributed by atoms with E-state index in [1.165, 1.54) is 0 Å². The monoisotopic (exact) mass is 437 g/mol. The summed E-state index contributed by atoms with van der Waals surface area (Å²) in [5, 5.41) is 9.90. The van der Waals surface area contributed by atoms with E-state index in [0.29, 0.717) is 6.54 Å². The Morgan fingerprint density at radius 1 is 1.06 bits per heavy atom. The van der Waals surface area contributed by atoms with Crippen molar-refractivity contribution >= 4 is 11.6 Å². The largest absolute Gasteiger partial charge is 0.489 e. The van der Waals surface area contributed by atoms with Gasteiger partial charge in [0.1, 0.15) is 5.75 Å². The molecule has 0 aliphatic carbocycles. The highest BCUT2D eigenvalue weighted by Crippen LogP contribution is 2.30. The second-order valence-electron chi connectivity index (χ2n) is 9.15. The summed E-state index contributed by atoms with van der Waals surface area (Å²) in [4.78, 5) is 19.5. The smallest absolute Gasteiger partial charge is 0.253 e. The van der Waals surface area contributed by atoms with Gasteiger partial charge >= 0.3 is 0 Å². The van der Waals surface area contributed by atoms with Crippen molar-refractivity contribution in [2.24, 2.45) is 0 Å². The standard InChI is InChI=1S/C26H35N3O3/c1-20(2)32-25-11-4-3-10-24(25)28-15-13-27(14-16-28)18-21-7-5-8-22(17-21)26(31)29-12-6-9-23(30)19-29/h3-5,7-8,10-11,17,20,23,30H,6,9,12-16,18-19H2,1-2H3. The number of β-amino-alcohol motifs (C(OH)–C–C–N with tert-alkyl or cyclic N) is 1. The molecule has 2 aliphatic heterocycles. The zero-order chi connectivity index (χ0) is 22.5. The molecule has 0 spiro atoms. The first-order valence-electron chi connectivity index (χ1n) is 11.8. The number of anilines is 1. The molecule has 2 heterocycles. The number of amides is 1. The minimum atomic E-state index is -0.400. The van der Waals surface area contributed by atoms with Gasteiger partial charge in [-0.1, -0.05) is 24.3 Å². The number of nitrogens with zero attached hydrogens (tertiary/aromatic N) is 3. The van der Waals surface area contributed by atoms with E-state index in [4.69, 9.17) is 4.74 Å². The van der Waals surface area contributed by atoms with Gasteiger partial charge in [0.15, 0.2) is 0 Å². The number of ether oxygens (including phenoxy) is 1. The number of carbonyl (C=O) groups excluding carboxylic acids is 1. The Morgan fingerprint density at radius 3 is 2.59 bits per heavy atom. The first-order valence-corrected chi connectivity index (χ1v) is 11.8. The number of piperazine rings is 1. The minimum absolute atomic E-state index is 0.0252. The molecular formula is C26H35N3O3.